The first-order valence-electron chi connectivity index (χ1n) is 8.03. The van der Waals surface area contributed by atoms with Crippen LogP contribution in [-0.2, 0) is 4.79 Å². The Morgan fingerprint density at radius 1 is 1.12 bits per heavy atom. The van der Waals surface area contributed by atoms with Crippen LogP contribution in [0.5, 0.6) is 0 Å². The first-order valence-corrected chi connectivity index (χ1v) is 8.91. The van der Waals surface area contributed by atoms with Crippen LogP contribution >= 0.6 is 11.8 Å². The molecule has 1 unspecified atom stereocenters. The zero-order valence-corrected chi connectivity index (χ0v) is 15.3. The van der Waals surface area contributed by atoms with E-state index < -0.39 is 0 Å². The standard InChI is InChI=1S/C19H20N4OS/c1-14-9-7-8-12-17(14)23-13-20-21-19(23)25-15(2)18(24)22(3)16-10-5-4-6-11-16/h4-13,15H,1-3H3. The molecule has 1 heterocycles. The Bertz CT molecular complexity index is 863. The summed E-state index contributed by atoms with van der Waals surface area (Å²) in [5, 5.41) is 8.64. The zero-order valence-electron chi connectivity index (χ0n) is 14.5. The molecule has 0 spiro atoms. The van der Waals surface area contributed by atoms with E-state index in [1.54, 1.807) is 18.3 Å². The molecular weight excluding hydrogens is 332 g/mol. The van der Waals surface area contributed by atoms with Gasteiger partial charge in [0.25, 0.3) is 0 Å². The van der Waals surface area contributed by atoms with Gasteiger partial charge >= 0.3 is 0 Å². The summed E-state index contributed by atoms with van der Waals surface area (Å²) in [4.78, 5) is 14.4. The van der Waals surface area contributed by atoms with Gasteiger partial charge in [-0.25, -0.2) is 0 Å². The maximum atomic E-state index is 12.7. The normalized spacial score (nSPS) is 12.0. The quantitative estimate of drug-likeness (QED) is 0.657. The summed E-state index contributed by atoms with van der Waals surface area (Å²) in [7, 11) is 1.79. The smallest absolute Gasteiger partial charge is 0.240 e. The van der Waals surface area contributed by atoms with E-state index in [0.717, 1.165) is 16.9 Å². The van der Waals surface area contributed by atoms with Crippen LogP contribution in [0.1, 0.15) is 12.5 Å². The number of anilines is 1. The molecule has 3 rings (SSSR count). The predicted molar refractivity (Wildman–Crippen MR) is 101 cm³/mol. The largest absolute Gasteiger partial charge is 0.315 e. The second-order valence-electron chi connectivity index (χ2n) is 5.76. The van der Waals surface area contributed by atoms with Crippen molar-refractivity contribution in [1.82, 2.24) is 14.8 Å². The summed E-state index contributed by atoms with van der Waals surface area (Å²) in [5.41, 5.74) is 3.02. The number of aryl methyl sites for hydroxylation is 1. The molecule has 0 radical (unpaired) electrons. The second kappa shape index (κ2) is 7.53. The van der Waals surface area contributed by atoms with Crippen LogP contribution in [-0.4, -0.2) is 33.0 Å². The highest BCUT2D eigenvalue weighted by molar-refractivity contribution is 8.00. The van der Waals surface area contributed by atoms with Gasteiger partial charge in [-0.3, -0.25) is 9.36 Å². The van der Waals surface area contributed by atoms with E-state index in [-0.39, 0.29) is 11.2 Å². The van der Waals surface area contributed by atoms with Gasteiger partial charge in [0, 0.05) is 12.7 Å². The van der Waals surface area contributed by atoms with E-state index in [2.05, 4.69) is 10.2 Å². The molecule has 0 bridgehead atoms. The van der Waals surface area contributed by atoms with Crippen molar-refractivity contribution in [2.75, 3.05) is 11.9 Å². The first kappa shape index (κ1) is 17.2. The number of carbonyl (C=O) groups is 1. The molecule has 5 nitrogen and oxygen atoms in total. The monoisotopic (exact) mass is 352 g/mol. The summed E-state index contributed by atoms with van der Waals surface area (Å²) in [6.07, 6.45) is 1.68. The van der Waals surface area contributed by atoms with Crippen molar-refractivity contribution in [1.29, 1.82) is 0 Å². The third kappa shape index (κ3) is 3.74. The molecule has 6 heteroatoms. The molecule has 1 atom stereocenters. The van der Waals surface area contributed by atoms with Gasteiger partial charge in [0.2, 0.25) is 5.91 Å². The third-order valence-corrected chi connectivity index (χ3v) is 5.04. The van der Waals surface area contributed by atoms with Crippen molar-refractivity contribution in [3.8, 4) is 5.69 Å². The molecule has 0 aliphatic rings. The topological polar surface area (TPSA) is 51.0 Å². The molecule has 0 N–H and O–H groups in total. The lowest BCUT2D eigenvalue weighted by atomic mass is 10.2. The number of hydrogen-bond acceptors (Lipinski definition) is 4. The average molecular weight is 352 g/mol. The number of nitrogens with zero attached hydrogens (tertiary/aromatic N) is 4. The third-order valence-electron chi connectivity index (χ3n) is 4.00. The Morgan fingerprint density at radius 3 is 2.52 bits per heavy atom. The molecule has 0 fully saturated rings. The summed E-state index contributed by atoms with van der Waals surface area (Å²) in [5.74, 6) is 0.0236. The fraction of sp³-hybridized carbons (Fsp3) is 0.211. The number of benzene rings is 2. The van der Waals surface area contributed by atoms with Crippen molar-refractivity contribution in [3.05, 3.63) is 66.5 Å². The number of aromatic nitrogens is 3. The lowest BCUT2D eigenvalue weighted by molar-refractivity contribution is -0.117. The lowest BCUT2D eigenvalue weighted by Gasteiger charge is -2.21. The highest BCUT2D eigenvalue weighted by atomic mass is 32.2. The second-order valence-corrected chi connectivity index (χ2v) is 7.07. The number of rotatable bonds is 5. The molecule has 1 amide bonds. The van der Waals surface area contributed by atoms with Crippen LogP contribution in [0.4, 0.5) is 5.69 Å². The molecule has 0 saturated heterocycles. The lowest BCUT2D eigenvalue weighted by Crippen LogP contribution is -2.33. The van der Waals surface area contributed by atoms with Crippen molar-refractivity contribution in [2.24, 2.45) is 0 Å². The zero-order chi connectivity index (χ0) is 17.8. The van der Waals surface area contributed by atoms with Gasteiger partial charge in [-0.05, 0) is 37.6 Å². The highest BCUT2D eigenvalue weighted by Gasteiger charge is 2.22. The Hall–Kier alpha value is -2.60. The highest BCUT2D eigenvalue weighted by Crippen LogP contribution is 2.27. The maximum Gasteiger partial charge on any atom is 0.240 e. The van der Waals surface area contributed by atoms with Gasteiger partial charge in [0.15, 0.2) is 5.16 Å². The van der Waals surface area contributed by atoms with Gasteiger partial charge in [0.1, 0.15) is 6.33 Å². The predicted octanol–water partition coefficient (Wildman–Crippen LogP) is 3.72. The summed E-state index contributed by atoms with van der Waals surface area (Å²) in [6.45, 7) is 3.94. The fourth-order valence-electron chi connectivity index (χ4n) is 2.56. The minimum Gasteiger partial charge on any atom is -0.315 e. The SMILES string of the molecule is Cc1ccccc1-n1cnnc1SC(C)C(=O)N(C)c1ccccc1. The van der Waals surface area contributed by atoms with Crippen molar-refractivity contribution < 1.29 is 4.79 Å². The number of thioether (sulfide) groups is 1. The van der Waals surface area contributed by atoms with Gasteiger partial charge in [-0.15, -0.1) is 10.2 Å². The Kier molecular flexibility index (Phi) is 5.19. The van der Waals surface area contributed by atoms with E-state index in [9.17, 15) is 4.79 Å². The minimum absolute atomic E-state index is 0.0236. The van der Waals surface area contributed by atoms with Crippen LogP contribution in [0.2, 0.25) is 0 Å². The van der Waals surface area contributed by atoms with Gasteiger partial charge in [-0.1, -0.05) is 48.2 Å². The van der Waals surface area contributed by atoms with E-state index in [0.29, 0.717) is 5.16 Å². The minimum atomic E-state index is -0.280. The summed E-state index contributed by atoms with van der Waals surface area (Å²) < 4.78 is 1.92. The molecule has 0 aliphatic carbocycles. The number of carbonyl (C=O) groups excluding carboxylic acids is 1. The van der Waals surface area contributed by atoms with Crippen LogP contribution in [0.15, 0.2) is 66.1 Å². The first-order chi connectivity index (χ1) is 12.1. The van der Waals surface area contributed by atoms with Crippen LogP contribution < -0.4 is 4.90 Å². The van der Waals surface area contributed by atoms with Crippen LogP contribution in [0, 0.1) is 6.92 Å². The fourth-order valence-corrected chi connectivity index (χ4v) is 3.49. The van der Waals surface area contributed by atoms with Crippen molar-refractivity contribution >= 4 is 23.4 Å². The average Bonchev–Trinajstić information content (AvgIpc) is 3.09. The van der Waals surface area contributed by atoms with E-state index >= 15 is 0 Å². The van der Waals surface area contributed by atoms with Gasteiger partial charge in [0.05, 0.1) is 10.9 Å². The summed E-state index contributed by atoms with van der Waals surface area (Å²) >= 11 is 1.41. The molecule has 3 aromatic rings. The van der Waals surface area contributed by atoms with E-state index in [4.69, 9.17) is 0 Å². The molecule has 0 aliphatic heterocycles. The van der Waals surface area contributed by atoms with E-state index in [1.807, 2.05) is 73.0 Å². The number of amides is 1. The molecular formula is C19H20N4OS. The molecule has 128 valence electrons. The Labute approximate surface area is 151 Å². The van der Waals surface area contributed by atoms with E-state index in [1.165, 1.54) is 11.8 Å². The van der Waals surface area contributed by atoms with Gasteiger partial charge in [-0.2, -0.15) is 0 Å². The number of para-hydroxylation sites is 2. The molecule has 1 aromatic heterocycles. The summed E-state index contributed by atoms with van der Waals surface area (Å²) in [6, 6.07) is 17.7. The maximum absolute atomic E-state index is 12.7. The van der Waals surface area contributed by atoms with Gasteiger partial charge < -0.3 is 4.90 Å². The molecule has 2 aromatic carbocycles. The van der Waals surface area contributed by atoms with Crippen molar-refractivity contribution in [2.45, 2.75) is 24.3 Å². The molecule has 25 heavy (non-hydrogen) atoms. The van der Waals surface area contributed by atoms with Crippen molar-refractivity contribution in [3.63, 3.8) is 0 Å². The number of hydrogen-bond donors (Lipinski definition) is 0. The van der Waals surface area contributed by atoms with Crippen LogP contribution in [0.3, 0.4) is 0 Å². The Morgan fingerprint density at radius 2 is 1.80 bits per heavy atom. The van der Waals surface area contributed by atoms with Crippen LogP contribution in [0.25, 0.3) is 5.69 Å². The Balaban J connectivity index is 1.78. The molecule has 0 saturated carbocycles.